The predicted octanol–water partition coefficient (Wildman–Crippen LogP) is 2.04. The van der Waals surface area contributed by atoms with Gasteiger partial charge < -0.3 is 24.6 Å². The molecule has 1 aromatic carbocycles. The fourth-order valence-corrected chi connectivity index (χ4v) is 2.49. The number of pyridine rings is 1. The van der Waals surface area contributed by atoms with Gasteiger partial charge in [0.25, 0.3) is 0 Å². The van der Waals surface area contributed by atoms with Crippen molar-refractivity contribution in [1.29, 1.82) is 0 Å². The van der Waals surface area contributed by atoms with E-state index >= 15 is 0 Å². The number of aromatic nitrogens is 1. The minimum atomic E-state index is -0.566. The number of hydrogen-bond acceptors (Lipinski definition) is 6. The predicted molar refractivity (Wildman–Crippen MR) is 88.9 cm³/mol. The van der Waals surface area contributed by atoms with Gasteiger partial charge in [0.15, 0.2) is 11.5 Å². The summed E-state index contributed by atoms with van der Waals surface area (Å²) in [4.78, 5) is 4.00. The summed E-state index contributed by atoms with van der Waals surface area (Å²) in [6.07, 6.45) is 2.96. The van der Waals surface area contributed by atoms with Gasteiger partial charge in [-0.3, -0.25) is 4.98 Å². The highest BCUT2D eigenvalue weighted by molar-refractivity contribution is 5.44. The lowest BCUT2D eigenvalue weighted by Gasteiger charge is -2.17. The second-order valence-corrected chi connectivity index (χ2v) is 5.77. The maximum Gasteiger partial charge on any atom is 0.231 e. The highest BCUT2D eigenvalue weighted by atomic mass is 16.7. The van der Waals surface area contributed by atoms with Gasteiger partial charge in [0.1, 0.15) is 0 Å². The van der Waals surface area contributed by atoms with E-state index in [0.717, 1.165) is 22.6 Å². The quantitative estimate of drug-likeness (QED) is 0.772. The minimum Gasteiger partial charge on any atom is -0.454 e. The highest BCUT2D eigenvalue weighted by Gasteiger charge is 2.13. The van der Waals surface area contributed by atoms with Crippen molar-refractivity contribution in [2.24, 2.45) is 0 Å². The molecule has 3 rings (SSSR count). The zero-order valence-electron chi connectivity index (χ0n) is 13.6. The van der Waals surface area contributed by atoms with Crippen LogP contribution in [0, 0.1) is 0 Å². The summed E-state index contributed by atoms with van der Waals surface area (Å²) in [5.74, 6) is 1.50. The summed E-state index contributed by atoms with van der Waals surface area (Å²) in [6.45, 7) is 3.47. The number of benzene rings is 1. The normalized spacial score (nSPS) is 15.2. The molecule has 0 spiro atoms. The molecule has 2 aromatic rings. The van der Waals surface area contributed by atoms with Gasteiger partial charge in [0, 0.05) is 25.0 Å². The first-order chi connectivity index (χ1) is 11.7. The Kier molecular flexibility index (Phi) is 5.63. The van der Waals surface area contributed by atoms with Crippen LogP contribution in [0.3, 0.4) is 0 Å². The lowest BCUT2D eigenvalue weighted by Crippen LogP contribution is -2.32. The lowest BCUT2D eigenvalue weighted by molar-refractivity contribution is 0.0278. The molecule has 2 N–H and O–H groups in total. The van der Waals surface area contributed by atoms with Crippen molar-refractivity contribution >= 4 is 0 Å². The van der Waals surface area contributed by atoms with E-state index in [1.54, 1.807) is 12.4 Å². The maximum absolute atomic E-state index is 10.0. The Morgan fingerprint density at radius 3 is 2.83 bits per heavy atom. The molecule has 2 heterocycles. The molecule has 1 aliphatic rings. The van der Waals surface area contributed by atoms with Gasteiger partial charge in [-0.25, -0.2) is 0 Å². The zero-order chi connectivity index (χ0) is 16.8. The molecular weight excluding hydrogens is 308 g/mol. The Labute approximate surface area is 141 Å². The Balaban J connectivity index is 1.37. The lowest BCUT2D eigenvalue weighted by atomic mass is 10.1. The number of fused-ring (bicyclic) bond motifs is 1. The third-order valence-electron chi connectivity index (χ3n) is 3.88. The van der Waals surface area contributed by atoms with Crippen molar-refractivity contribution in [2.45, 2.75) is 25.7 Å². The molecular formula is C18H22N2O4. The Bertz CT molecular complexity index is 651. The first-order valence-corrected chi connectivity index (χ1v) is 8.00. The second-order valence-electron chi connectivity index (χ2n) is 5.77. The molecule has 1 aliphatic heterocycles. The summed E-state index contributed by atoms with van der Waals surface area (Å²) >= 11 is 0. The Morgan fingerprint density at radius 1 is 1.21 bits per heavy atom. The number of nitrogens with one attached hydrogen (secondary N) is 1. The van der Waals surface area contributed by atoms with Crippen LogP contribution in [0.2, 0.25) is 0 Å². The van der Waals surface area contributed by atoms with E-state index in [1.165, 1.54) is 0 Å². The van der Waals surface area contributed by atoms with Crippen molar-refractivity contribution in [3.05, 3.63) is 53.9 Å². The molecule has 6 heteroatoms. The van der Waals surface area contributed by atoms with E-state index < -0.39 is 6.10 Å². The first-order valence-electron chi connectivity index (χ1n) is 8.00. The topological polar surface area (TPSA) is 72.8 Å². The van der Waals surface area contributed by atoms with Gasteiger partial charge >= 0.3 is 0 Å². The molecule has 0 aliphatic carbocycles. The molecule has 6 nitrogen and oxygen atoms in total. The van der Waals surface area contributed by atoms with E-state index in [2.05, 4.69) is 17.2 Å². The SMILES string of the molecule is C[C@H](NC[C@@H](O)COCc1ccc2c(c1)OCO2)c1ccncc1. The van der Waals surface area contributed by atoms with Gasteiger partial charge in [-0.1, -0.05) is 6.07 Å². The summed E-state index contributed by atoms with van der Waals surface area (Å²) in [5.41, 5.74) is 2.13. The number of rotatable bonds is 8. The van der Waals surface area contributed by atoms with Crippen LogP contribution in [0.5, 0.6) is 11.5 Å². The summed E-state index contributed by atoms with van der Waals surface area (Å²) < 4.78 is 16.2. The standard InChI is InChI=1S/C18H22N2O4/c1-13(15-4-6-19-7-5-15)20-9-16(21)11-22-10-14-2-3-17-18(8-14)24-12-23-17/h2-8,13,16,20-21H,9-12H2,1H3/t13-,16+/m0/s1. The average Bonchev–Trinajstić information content (AvgIpc) is 3.08. The Hall–Kier alpha value is -2.15. The van der Waals surface area contributed by atoms with Crippen LogP contribution in [-0.2, 0) is 11.3 Å². The van der Waals surface area contributed by atoms with E-state index in [9.17, 15) is 5.11 Å². The van der Waals surface area contributed by atoms with Crippen molar-refractivity contribution < 1.29 is 19.3 Å². The molecule has 0 fully saturated rings. The van der Waals surface area contributed by atoms with Gasteiger partial charge in [-0.2, -0.15) is 0 Å². The summed E-state index contributed by atoms with van der Waals surface area (Å²) in [5, 5.41) is 13.3. The number of ether oxygens (including phenoxy) is 3. The molecule has 0 saturated heterocycles. The number of hydrogen-bond donors (Lipinski definition) is 2. The van der Waals surface area contributed by atoms with Crippen molar-refractivity contribution in [1.82, 2.24) is 10.3 Å². The highest BCUT2D eigenvalue weighted by Crippen LogP contribution is 2.32. The molecule has 0 saturated carbocycles. The van der Waals surface area contributed by atoms with E-state index in [1.807, 2.05) is 30.3 Å². The minimum absolute atomic E-state index is 0.150. The molecule has 0 amide bonds. The Morgan fingerprint density at radius 2 is 2.00 bits per heavy atom. The van der Waals surface area contributed by atoms with Crippen LogP contribution >= 0.6 is 0 Å². The number of nitrogens with zero attached hydrogens (tertiary/aromatic N) is 1. The van der Waals surface area contributed by atoms with Crippen LogP contribution in [0.15, 0.2) is 42.7 Å². The fraction of sp³-hybridized carbons (Fsp3) is 0.389. The summed E-state index contributed by atoms with van der Waals surface area (Å²) in [6, 6.07) is 9.77. The van der Waals surface area contributed by atoms with E-state index in [4.69, 9.17) is 14.2 Å². The van der Waals surface area contributed by atoms with Gasteiger partial charge in [0.2, 0.25) is 6.79 Å². The van der Waals surface area contributed by atoms with Gasteiger partial charge in [0.05, 0.1) is 19.3 Å². The van der Waals surface area contributed by atoms with Gasteiger partial charge in [-0.05, 0) is 42.3 Å². The van der Waals surface area contributed by atoms with Crippen LogP contribution < -0.4 is 14.8 Å². The van der Waals surface area contributed by atoms with Crippen LogP contribution in [0.1, 0.15) is 24.1 Å². The molecule has 0 unspecified atom stereocenters. The first kappa shape index (κ1) is 16.7. The maximum atomic E-state index is 10.0. The van der Waals surface area contributed by atoms with Crippen molar-refractivity contribution in [3.8, 4) is 11.5 Å². The van der Waals surface area contributed by atoms with Crippen LogP contribution in [-0.4, -0.2) is 36.1 Å². The third kappa shape index (κ3) is 4.44. The smallest absolute Gasteiger partial charge is 0.231 e. The number of aliphatic hydroxyl groups excluding tert-OH is 1. The van der Waals surface area contributed by atoms with Crippen molar-refractivity contribution in [2.75, 3.05) is 19.9 Å². The van der Waals surface area contributed by atoms with Gasteiger partial charge in [-0.15, -0.1) is 0 Å². The largest absolute Gasteiger partial charge is 0.454 e. The molecule has 0 radical (unpaired) electrons. The third-order valence-corrected chi connectivity index (χ3v) is 3.88. The van der Waals surface area contributed by atoms with E-state index in [0.29, 0.717) is 13.2 Å². The second kappa shape index (κ2) is 8.10. The molecule has 2 atom stereocenters. The van der Waals surface area contributed by atoms with Crippen LogP contribution in [0.25, 0.3) is 0 Å². The summed E-state index contributed by atoms with van der Waals surface area (Å²) in [7, 11) is 0. The van der Waals surface area contributed by atoms with Crippen LogP contribution in [0.4, 0.5) is 0 Å². The van der Waals surface area contributed by atoms with Crippen molar-refractivity contribution in [3.63, 3.8) is 0 Å². The zero-order valence-corrected chi connectivity index (χ0v) is 13.6. The average molecular weight is 330 g/mol. The molecule has 0 bridgehead atoms. The number of aliphatic hydroxyl groups is 1. The molecule has 1 aromatic heterocycles. The van der Waals surface area contributed by atoms with E-state index in [-0.39, 0.29) is 19.4 Å². The molecule has 24 heavy (non-hydrogen) atoms. The monoisotopic (exact) mass is 330 g/mol. The fourth-order valence-electron chi connectivity index (χ4n) is 2.49. The molecule has 128 valence electrons.